The number of esters is 1. The average Bonchev–Trinajstić information content (AvgIpc) is 3.52. The van der Waals surface area contributed by atoms with Gasteiger partial charge in [0, 0.05) is 12.8 Å². The maximum atomic E-state index is 12.9. The van der Waals surface area contributed by atoms with E-state index in [1.54, 1.807) is 5.57 Å². The molecule has 4 aliphatic carbocycles. The molecule has 2 nitrogen and oxygen atoms in total. The quantitative estimate of drug-likeness (QED) is 0.0414. The molecule has 0 amide bonds. The Hall–Kier alpha value is -0.790. The molecule has 55 heavy (non-hydrogen) atoms. The molecule has 2 heteroatoms. The van der Waals surface area contributed by atoms with Gasteiger partial charge in [0.15, 0.2) is 0 Å². The van der Waals surface area contributed by atoms with Crippen LogP contribution in [-0.2, 0) is 9.53 Å². The van der Waals surface area contributed by atoms with E-state index in [4.69, 9.17) is 4.74 Å². The molecule has 0 bridgehead atoms. The van der Waals surface area contributed by atoms with Crippen LogP contribution in [0.2, 0.25) is 0 Å². The van der Waals surface area contributed by atoms with Gasteiger partial charge in [0.2, 0.25) is 0 Å². The molecule has 3 saturated carbocycles. The van der Waals surface area contributed by atoms with E-state index in [-0.39, 0.29) is 12.1 Å². The van der Waals surface area contributed by atoms with Gasteiger partial charge < -0.3 is 4.74 Å². The molecule has 0 aromatic heterocycles. The van der Waals surface area contributed by atoms with Crippen LogP contribution in [-0.4, -0.2) is 12.1 Å². The number of carbonyl (C=O) groups excluding carboxylic acids is 1. The van der Waals surface area contributed by atoms with Gasteiger partial charge in [-0.15, -0.1) is 0 Å². The minimum Gasteiger partial charge on any atom is -0.462 e. The van der Waals surface area contributed by atoms with Crippen LogP contribution < -0.4 is 0 Å². The zero-order valence-electron chi connectivity index (χ0n) is 38.2. The molecule has 0 radical (unpaired) electrons. The zero-order valence-corrected chi connectivity index (χ0v) is 38.2. The van der Waals surface area contributed by atoms with E-state index in [2.05, 4.69) is 47.6 Å². The fourth-order valence-corrected chi connectivity index (χ4v) is 13.1. The minimum atomic E-state index is 0.0688. The van der Waals surface area contributed by atoms with E-state index in [9.17, 15) is 4.79 Å². The highest BCUT2D eigenvalue weighted by atomic mass is 16.5. The predicted molar refractivity (Wildman–Crippen MR) is 239 cm³/mol. The number of rotatable bonds is 30. The van der Waals surface area contributed by atoms with Gasteiger partial charge in [-0.2, -0.15) is 0 Å². The monoisotopic (exact) mass is 765 g/mol. The zero-order chi connectivity index (χ0) is 39.4. The highest BCUT2D eigenvalue weighted by molar-refractivity contribution is 5.69. The summed E-state index contributed by atoms with van der Waals surface area (Å²) in [7, 11) is 0. The number of carbonyl (C=O) groups is 1. The summed E-state index contributed by atoms with van der Waals surface area (Å²) < 4.78 is 6.16. The molecule has 8 atom stereocenters. The van der Waals surface area contributed by atoms with E-state index in [0.29, 0.717) is 17.3 Å². The first-order valence-electron chi connectivity index (χ1n) is 25.6. The van der Waals surface area contributed by atoms with Crippen LogP contribution in [0.15, 0.2) is 11.6 Å². The molecule has 0 N–H and O–H groups in total. The maximum Gasteiger partial charge on any atom is 0.306 e. The van der Waals surface area contributed by atoms with Crippen molar-refractivity contribution in [2.45, 2.75) is 272 Å². The SMILES string of the molecule is CCCCCCCCCCCCCCCCCCCCCCCCCC(=O)OC1CC[C@@]2(C)C(=CC[C@H]3[C@@H]4CC[C@H]([C@H](C)CCCC(C)C)[C@@]4(C)CC[C@@H]32)C1. The first-order valence-corrected chi connectivity index (χ1v) is 25.6. The Morgan fingerprint density at radius 1 is 0.636 bits per heavy atom. The number of fused-ring (bicyclic) bond motifs is 5. The van der Waals surface area contributed by atoms with Crippen molar-refractivity contribution in [3.05, 3.63) is 11.6 Å². The second kappa shape index (κ2) is 25.6. The second-order valence-corrected chi connectivity index (χ2v) is 21.2. The van der Waals surface area contributed by atoms with Crippen molar-refractivity contribution in [1.82, 2.24) is 0 Å². The maximum absolute atomic E-state index is 12.9. The lowest BCUT2D eigenvalue weighted by atomic mass is 9.47. The summed E-state index contributed by atoms with van der Waals surface area (Å²) in [4.78, 5) is 12.9. The van der Waals surface area contributed by atoms with E-state index in [1.807, 2.05) is 0 Å². The molecule has 4 rings (SSSR count). The van der Waals surface area contributed by atoms with Gasteiger partial charge in [0.25, 0.3) is 0 Å². The highest BCUT2D eigenvalue weighted by Crippen LogP contribution is 2.67. The van der Waals surface area contributed by atoms with Gasteiger partial charge in [-0.1, -0.05) is 214 Å². The van der Waals surface area contributed by atoms with Gasteiger partial charge in [-0.25, -0.2) is 0 Å². The van der Waals surface area contributed by atoms with Crippen LogP contribution in [0.3, 0.4) is 0 Å². The third kappa shape index (κ3) is 15.1. The first kappa shape index (κ1) is 46.9. The lowest BCUT2D eigenvalue weighted by molar-refractivity contribution is -0.151. The third-order valence-electron chi connectivity index (χ3n) is 16.5. The van der Waals surface area contributed by atoms with E-state index >= 15 is 0 Å². The fraction of sp³-hybridized carbons (Fsp3) is 0.943. The summed E-state index contributed by atoms with van der Waals surface area (Å²) in [5, 5.41) is 0. The van der Waals surface area contributed by atoms with Crippen LogP contribution in [0.1, 0.15) is 266 Å². The van der Waals surface area contributed by atoms with Crippen molar-refractivity contribution in [3.63, 3.8) is 0 Å². The average molecular weight is 765 g/mol. The first-order chi connectivity index (χ1) is 26.7. The van der Waals surface area contributed by atoms with Crippen LogP contribution in [0, 0.1) is 46.3 Å². The number of ether oxygens (including phenoxy) is 1. The number of allylic oxidation sites excluding steroid dienone is 1. The molecule has 1 unspecified atom stereocenters. The lowest BCUT2D eigenvalue weighted by Crippen LogP contribution is -2.51. The number of hydrogen-bond acceptors (Lipinski definition) is 2. The van der Waals surface area contributed by atoms with E-state index < -0.39 is 0 Å². The van der Waals surface area contributed by atoms with Gasteiger partial charge in [0.05, 0.1) is 0 Å². The van der Waals surface area contributed by atoms with Gasteiger partial charge in [-0.3, -0.25) is 4.79 Å². The number of unbranched alkanes of at least 4 members (excludes halogenated alkanes) is 22. The number of hydrogen-bond donors (Lipinski definition) is 0. The van der Waals surface area contributed by atoms with Crippen molar-refractivity contribution in [3.8, 4) is 0 Å². The largest absolute Gasteiger partial charge is 0.462 e. The highest BCUT2D eigenvalue weighted by Gasteiger charge is 2.59. The molecule has 0 saturated heterocycles. The molecule has 3 fully saturated rings. The summed E-state index contributed by atoms with van der Waals surface area (Å²) in [6.07, 6.45) is 50.2. The van der Waals surface area contributed by atoms with Crippen molar-refractivity contribution in [2.75, 3.05) is 0 Å². The molecule has 0 aromatic carbocycles. The summed E-state index contributed by atoms with van der Waals surface area (Å²) >= 11 is 0. The Morgan fingerprint density at radius 2 is 1.16 bits per heavy atom. The van der Waals surface area contributed by atoms with Crippen molar-refractivity contribution in [1.29, 1.82) is 0 Å². The normalized spacial score (nSPS) is 29.4. The molecular weight excluding hydrogens is 669 g/mol. The molecular formula is C53H96O2. The summed E-state index contributed by atoms with van der Waals surface area (Å²) in [5.41, 5.74) is 2.54. The third-order valence-corrected chi connectivity index (χ3v) is 16.5. The molecule has 320 valence electrons. The second-order valence-electron chi connectivity index (χ2n) is 21.2. The van der Waals surface area contributed by atoms with Gasteiger partial charge in [0.1, 0.15) is 6.10 Å². The van der Waals surface area contributed by atoms with Crippen molar-refractivity contribution in [2.24, 2.45) is 46.3 Å². The predicted octanol–water partition coefficient (Wildman–Crippen LogP) is 17.3. The van der Waals surface area contributed by atoms with Gasteiger partial charge >= 0.3 is 5.97 Å². The smallest absolute Gasteiger partial charge is 0.306 e. The molecule has 0 aromatic rings. The Morgan fingerprint density at radius 3 is 1.69 bits per heavy atom. The minimum absolute atomic E-state index is 0.0688. The van der Waals surface area contributed by atoms with Crippen molar-refractivity contribution < 1.29 is 9.53 Å². The van der Waals surface area contributed by atoms with Gasteiger partial charge in [-0.05, 0) is 97.7 Å². The molecule has 4 aliphatic rings. The summed E-state index contributed by atoms with van der Waals surface area (Å²) in [5.74, 6) is 5.34. The Bertz CT molecular complexity index is 1060. The summed E-state index contributed by atoms with van der Waals surface area (Å²) in [6, 6.07) is 0. The van der Waals surface area contributed by atoms with Crippen LogP contribution in [0.5, 0.6) is 0 Å². The van der Waals surface area contributed by atoms with Crippen LogP contribution in [0.4, 0.5) is 0 Å². The van der Waals surface area contributed by atoms with E-state index in [0.717, 1.165) is 54.8 Å². The van der Waals surface area contributed by atoms with Crippen LogP contribution in [0.25, 0.3) is 0 Å². The lowest BCUT2D eigenvalue weighted by Gasteiger charge is -2.58. The molecule has 0 heterocycles. The Labute approximate surface area is 344 Å². The Kier molecular flexibility index (Phi) is 21.9. The van der Waals surface area contributed by atoms with Crippen molar-refractivity contribution >= 4 is 5.97 Å². The fourth-order valence-electron chi connectivity index (χ4n) is 13.1. The Balaban J connectivity index is 0.978. The van der Waals surface area contributed by atoms with Crippen LogP contribution >= 0.6 is 0 Å². The summed E-state index contributed by atoms with van der Waals surface area (Å²) in [6.45, 7) is 15.0. The standard InChI is InChI=1S/C53H96O2/c1-7-8-9-10-11-12-13-14-15-16-17-18-19-20-21-22-23-24-25-26-27-28-29-33-51(54)55-46-38-40-52(5)45(42-46)34-35-47-49-37-36-48(44(4)32-30-31-43(2)3)53(49,6)41-39-50(47)52/h34,43-44,46-50H,7-33,35-42H2,1-6H3/t44-,46?,47+,48-,49+,50+,52+,53-/m1/s1. The van der Waals surface area contributed by atoms with E-state index in [1.165, 1.54) is 199 Å². The molecule has 0 aliphatic heterocycles. The topological polar surface area (TPSA) is 26.3 Å². The molecule has 0 spiro atoms.